The zero-order chi connectivity index (χ0) is 14.2. The Hall–Kier alpha value is -0.850. The van der Waals surface area contributed by atoms with Crippen LogP contribution in [0.25, 0.3) is 0 Å². The number of rotatable bonds is 4. The average Bonchev–Trinajstić information content (AvgIpc) is 2.53. The summed E-state index contributed by atoms with van der Waals surface area (Å²) in [5.41, 5.74) is 2.73. The van der Waals surface area contributed by atoms with E-state index in [-0.39, 0.29) is 0 Å². The number of nitrogens with two attached hydrogens (primary N) is 1. The van der Waals surface area contributed by atoms with Gasteiger partial charge in [0.15, 0.2) is 0 Å². The Morgan fingerprint density at radius 2 is 1.90 bits per heavy atom. The molecule has 0 bridgehead atoms. The Bertz CT molecular complexity index is 296. The summed E-state index contributed by atoms with van der Waals surface area (Å²) in [6.07, 6.45) is 6.57. The van der Waals surface area contributed by atoms with Gasteiger partial charge in [-0.05, 0) is 38.8 Å². The molecule has 2 heterocycles. The SMILES string of the molecule is COCCN=C(NN)N1CCC(N2CCCCC2)CC1. The lowest BCUT2D eigenvalue weighted by Gasteiger charge is -2.40. The second-order valence-electron chi connectivity index (χ2n) is 5.66. The summed E-state index contributed by atoms with van der Waals surface area (Å²) in [4.78, 5) is 9.40. The fraction of sp³-hybridized carbons (Fsp3) is 0.929. The fourth-order valence-electron chi connectivity index (χ4n) is 3.21. The van der Waals surface area contributed by atoms with Gasteiger partial charge in [0, 0.05) is 26.2 Å². The number of ether oxygens (including phenoxy) is 1. The maximum absolute atomic E-state index is 5.59. The lowest BCUT2D eigenvalue weighted by molar-refractivity contribution is 0.113. The number of guanidine groups is 1. The Morgan fingerprint density at radius 1 is 1.20 bits per heavy atom. The number of nitrogens with zero attached hydrogens (tertiary/aromatic N) is 3. The zero-order valence-electron chi connectivity index (χ0n) is 12.7. The van der Waals surface area contributed by atoms with E-state index in [9.17, 15) is 0 Å². The molecule has 0 aliphatic carbocycles. The minimum atomic E-state index is 0.634. The van der Waals surface area contributed by atoms with E-state index in [0.717, 1.165) is 25.1 Å². The number of nitrogens with one attached hydrogen (secondary N) is 1. The first kappa shape index (κ1) is 15.5. The molecule has 20 heavy (non-hydrogen) atoms. The van der Waals surface area contributed by atoms with Crippen LogP contribution in [-0.2, 0) is 4.74 Å². The van der Waals surface area contributed by atoms with Crippen LogP contribution in [0.3, 0.4) is 0 Å². The third-order valence-corrected chi connectivity index (χ3v) is 4.36. The predicted octanol–water partition coefficient (Wildman–Crippen LogP) is 0.402. The van der Waals surface area contributed by atoms with Crippen molar-refractivity contribution in [3.63, 3.8) is 0 Å². The highest BCUT2D eigenvalue weighted by Gasteiger charge is 2.26. The standard InChI is InChI=1S/C14H29N5O/c1-20-12-7-16-14(17-15)19-10-5-13(6-11-19)18-8-3-2-4-9-18/h13H,2-12,15H2,1H3,(H,16,17). The van der Waals surface area contributed by atoms with Crippen molar-refractivity contribution in [3.8, 4) is 0 Å². The van der Waals surface area contributed by atoms with E-state index in [1.165, 1.54) is 45.2 Å². The molecule has 0 aromatic rings. The van der Waals surface area contributed by atoms with Gasteiger partial charge in [-0.25, -0.2) is 10.8 Å². The topological polar surface area (TPSA) is 66.1 Å². The molecule has 0 atom stereocenters. The Balaban J connectivity index is 1.78. The van der Waals surface area contributed by atoms with Crippen LogP contribution in [0, 0.1) is 0 Å². The summed E-state index contributed by atoms with van der Waals surface area (Å²) in [6, 6.07) is 0.754. The van der Waals surface area contributed by atoms with E-state index < -0.39 is 0 Å². The molecule has 2 saturated heterocycles. The first-order valence-electron chi connectivity index (χ1n) is 7.84. The molecule has 116 valence electrons. The van der Waals surface area contributed by atoms with Crippen LogP contribution < -0.4 is 11.3 Å². The van der Waals surface area contributed by atoms with E-state index in [1.807, 2.05) is 0 Å². The van der Waals surface area contributed by atoms with Gasteiger partial charge in [-0.3, -0.25) is 5.43 Å². The molecule has 0 spiro atoms. The van der Waals surface area contributed by atoms with E-state index >= 15 is 0 Å². The number of methoxy groups -OCH3 is 1. The summed E-state index contributed by atoms with van der Waals surface area (Å²) < 4.78 is 5.02. The number of likely N-dealkylation sites (tertiary alicyclic amines) is 2. The molecule has 0 saturated carbocycles. The highest BCUT2D eigenvalue weighted by molar-refractivity contribution is 5.79. The Morgan fingerprint density at radius 3 is 2.50 bits per heavy atom. The molecular weight excluding hydrogens is 254 g/mol. The summed E-state index contributed by atoms with van der Waals surface area (Å²) in [5.74, 6) is 6.39. The number of hydrogen-bond acceptors (Lipinski definition) is 4. The lowest BCUT2D eigenvalue weighted by Crippen LogP contribution is -2.52. The predicted molar refractivity (Wildman–Crippen MR) is 81.5 cm³/mol. The van der Waals surface area contributed by atoms with Crippen LogP contribution in [0.15, 0.2) is 4.99 Å². The van der Waals surface area contributed by atoms with Gasteiger partial charge in [0.2, 0.25) is 5.96 Å². The van der Waals surface area contributed by atoms with Gasteiger partial charge < -0.3 is 14.5 Å². The van der Waals surface area contributed by atoms with Gasteiger partial charge in [0.25, 0.3) is 0 Å². The number of hydrazine groups is 1. The van der Waals surface area contributed by atoms with E-state index in [1.54, 1.807) is 7.11 Å². The lowest BCUT2D eigenvalue weighted by atomic mass is 10.00. The van der Waals surface area contributed by atoms with Crippen LogP contribution in [0.5, 0.6) is 0 Å². The van der Waals surface area contributed by atoms with Crippen LogP contribution >= 0.6 is 0 Å². The third kappa shape index (κ3) is 4.33. The second-order valence-corrected chi connectivity index (χ2v) is 5.66. The van der Waals surface area contributed by atoms with Crippen molar-refractivity contribution in [1.29, 1.82) is 0 Å². The molecule has 0 radical (unpaired) electrons. The highest BCUT2D eigenvalue weighted by atomic mass is 16.5. The second kappa shape index (κ2) is 8.44. The van der Waals surface area contributed by atoms with E-state index in [4.69, 9.17) is 10.6 Å². The van der Waals surface area contributed by atoms with Crippen molar-refractivity contribution >= 4 is 5.96 Å². The molecule has 0 unspecified atom stereocenters. The highest BCUT2D eigenvalue weighted by Crippen LogP contribution is 2.20. The van der Waals surface area contributed by atoms with Crippen LogP contribution in [0.1, 0.15) is 32.1 Å². The van der Waals surface area contributed by atoms with Crippen LogP contribution in [0.4, 0.5) is 0 Å². The van der Waals surface area contributed by atoms with Crippen molar-refractivity contribution in [2.75, 3.05) is 46.4 Å². The van der Waals surface area contributed by atoms with E-state index in [2.05, 4.69) is 20.2 Å². The molecule has 0 aromatic carbocycles. The van der Waals surface area contributed by atoms with Gasteiger partial charge in [-0.2, -0.15) is 0 Å². The third-order valence-electron chi connectivity index (χ3n) is 4.36. The Kier molecular flexibility index (Phi) is 6.56. The molecule has 2 aliphatic heterocycles. The van der Waals surface area contributed by atoms with Crippen molar-refractivity contribution in [1.82, 2.24) is 15.2 Å². The van der Waals surface area contributed by atoms with Gasteiger partial charge in [-0.15, -0.1) is 0 Å². The monoisotopic (exact) mass is 283 g/mol. The number of hydrogen-bond donors (Lipinski definition) is 2. The fourth-order valence-corrected chi connectivity index (χ4v) is 3.21. The first-order valence-corrected chi connectivity index (χ1v) is 7.84. The van der Waals surface area contributed by atoms with Crippen molar-refractivity contribution < 1.29 is 4.74 Å². The molecule has 3 N–H and O–H groups in total. The van der Waals surface area contributed by atoms with Gasteiger partial charge >= 0.3 is 0 Å². The van der Waals surface area contributed by atoms with Crippen molar-refractivity contribution in [2.45, 2.75) is 38.1 Å². The molecule has 2 aliphatic rings. The van der Waals surface area contributed by atoms with Gasteiger partial charge in [-0.1, -0.05) is 6.42 Å². The first-order chi connectivity index (χ1) is 9.85. The summed E-state index contributed by atoms with van der Waals surface area (Å²) >= 11 is 0. The van der Waals surface area contributed by atoms with Crippen molar-refractivity contribution in [2.24, 2.45) is 10.8 Å². The van der Waals surface area contributed by atoms with Gasteiger partial charge in [0.05, 0.1) is 13.2 Å². The minimum Gasteiger partial charge on any atom is -0.383 e. The van der Waals surface area contributed by atoms with Crippen LogP contribution in [-0.4, -0.2) is 68.2 Å². The Labute approximate surface area is 122 Å². The molecule has 2 rings (SSSR count). The molecule has 0 amide bonds. The smallest absolute Gasteiger partial charge is 0.208 e. The zero-order valence-corrected chi connectivity index (χ0v) is 12.7. The maximum Gasteiger partial charge on any atom is 0.208 e. The summed E-state index contributed by atoms with van der Waals surface area (Å²) in [5, 5.41) is 0. The minimum absolute atomic E-state index is 0.634. The van der Waals surface area contributed by atoms with E-state index in [0.29, 0.717) is 13.2 Å². The maximum atomic E-state index is 5.59. The number of piperidine rings is 2. The largest absolute Gasteiger partial charge is 0.383 e. The summed E-state index contributed by atoms with van der Waals surface area (Å²) in [6.45, 7) is 5.94. The molecule has 6 nitrogen and oxygen atoms in total. The molecule has 2 fully saturated rings. The van der Waals surface area contributed by atoms with Gasteiger partial charge in [0.1, 0.15) is 0 Å². The quantitative estimate of drug-likeness (QED) is 0.257. The summed E-state index contributed by atoms with van der Waals surface area (Å²) in [7, 11) is 1.69. The van der Waals surface area contributed by atoms with Crippen LogP contribution in [0.2, 0.25) is 0 Å². The average molecular weight is 283 g/mol. The normalized spacial score (nSPS) is 23.1. The molecule has 0 aromatic heterocycles. The molecular formula is C14H29N5O. The number of aliphatic imine (C=N–C) groups is 1. The molecule has 6 heteroatoms. The van der Waals surface area contributed by atoms with Crippen molar-refractivity contribution in [3.05, 3.63) is 0 Å².